The molecule has 30 heavy (non-hydrogen) atoms. The van der Waals surface area contributed by atoms with E-state index in [1.165, 1.54) is 24.8 Å². The summed E-state index contributed by atoms with van der Waals surface area (Å²) in [6.45, 7) is -0.289. The predicted molar refractivity (Wildman–Crippen MR) is 99.8 cm³/mol. The Morgan fingerprint density at radius 3 is 2.50 bits per heavy atom. The number of alkyl halides is 3. The minimum absolute atomic E-state index is 0.199. The first kappa shape index (κ1) is 20.8. The number of ether oxygens (including phenoxy) is 1. The van der Waals surface area contributed by atoms with Gasteiger partial charge in [0.2, 0.25) is 11.8 Å². The first-order valence-electron chi connectivity index (χ1n) is 8.65. The molecule has 2 amide bonds. The van der Waals surface area contributed by atoms with Crippen molar-refractivity contribution in [2.24, 2.45) is 0 Å². The van der Waals surface area contributed by atoms with Crippen LogP contribution in [0.4, 0.5) is 18.9 Å². The molecule has 0 aliphatic rings. The number of hydrogen-bond donors (Lipinski definition) is 2. The molecule has 3 rings (SSSR count). The maximum Gasteiger partial charge on any atom is 0.573 e. The summed E-state index contributed by atoms with van der Waals surface area (Å²) in [5.74, 6) is -1.39. The van der Waals surface area contributed by atoms with E-state index in [-0.39, 0.29) is 13.0 Å². The number of hydrogen-bond acceptors (Lipinski definition) is 5. The van der Waals surface area contributed by atoms with Crippen molar-refractivity contribution in [1.82, 2.24) is 20.1 Å². The van der Waals surface area contributed by atoms with E-state index < -0.39 is 23.9 Å². The highest BCUT2D eigenvalue weighted by atomic mass is 19.4. The van der Waals surface area contributed by atoms with Crippen LogP contribution in [-0.4, -0.2) is 39.5 Å². The summed E-state index contributed by atoms with van der Waals surface area (Å²) in [5.41, 5.74) is 1.60. The van der Waals surface area contributed by atoms with Crippen LogP contribution < -0.4 is 15.4 Å². The summed E-state index contributed by atoms with van der Waals surface area (Å²) in [4.78, 5) is 27.8. The molecule has 2 aromatic carbocycles. The highest BCUT2D eigenvalue weighted by molar-refractivity contribution is 5.94. The number of rotatable bonds is 7. The largest absolute Gasteiger partial charge is 0.573 e. The van der Waals surface area contributed by atoms with Crippen molar-refractivity contribution in [2.75, 3.05) is 11.9 Å². The lowest BCUT2D eigenvalue weighted by Gasteiger charge is -2.10. The second kappa shape index (κ2) is 9.07. The van der Waals surface area contributed by atoms with Gasteiger partial charge in [-0.2, -0.15) is 5.10 Å². The van der Waals surface area contributed by atoms with Gasteiger partial charge in [-0.1, -0.05) is 12.1 Å². The molecule has 1 aromatic heterocycles. The Kier molecular flexibility index (Phi) is 6.30. The molecule has 11 heteroatoms. The molecule has 0 spiro atoms. The van der Waals surface area contributed by atoms with Crippen molar-refractivity contribution in [3.05, 3.63) is 66.7 Å². The molecule has 0 aliphatic carbocycles. The SMILES string of the molecule is O=C(Cc1cccc(OC(F)(F)F)c1)NCC(=O)Nc1ccc(-n2cncn2)cc1. The Morgan fingerprint density at radius 2 is 1.83 bits per heavy atom. The zero-order valence-electron chi connectivity index (χ0n) is 15.4. The van der Waals surface area contributed by atoms with Crippen LogP contribution in [0.15, 0.2) is 61.2 Å². The van der Waals surface area contributed by atoms with Crippen LogP contribution in [-0.2, 0) is 16.0 Å². The Labute approximate surface area is 168 Å². The molecule has 8 nitrogen and oxygen atoms in total. The first-order chi connectivity index (χ1) is 14.3. The third kappa shape index (κ3) is 6.33. The van der Waals surface area contributed by atoms with Crippen LogP contribution in [0.2, 0.25) is 0 Å². The van der Waals surface area contributed by atoms with Crippen molar-refractivity contribution in [3.8, 4) is 11.4 Å². The van der Waals surface area contributed by atoms with Gasteiger partial charge in [0.15, 0.2) is 0 Å². The van der Waals surface area contributed by atoms with Gasteiger partial charge in [0.1, 0.15) is 18.4 Å². The molecular formula is C19H16F3N5O3. The van der Waals surface area contributed by atoms with Gasteiger partial charge in [-0.15, -0.1) is 13.2 Å². The van der Waals surface area contributed by atoms with Crippen LogP contribution in [0, 0.1) is 0 Å². The summed E-state index contributed by atoms with van der Waals surface area (Å²) in [5, 5.41) is 9.03. The van der Waals surface area contributed by atoms with Crippen molar-refractivity contribution < 1.29 is 27.5 Å². The van der Waals surface area contributed by atoms with E-state index in [0.29, 0.717) is 11.3 Å². The minimum atomic E-state index is -4.81. The lowest BCUT2D eigenvalue weighted by molar-refractivity contribution is -0.274. The summed E-state index contributed by atoms with van der Waals surface area (Å²) in [6, 6.07) is 11.9. The lowest BCUT2D eigenvalue weighted by atomic mass is 10.1. The highest BCUT2D eigenvalue weighted by Gasteiger charge is 2.31. The molecule has 0 atom stereocenters. The molecular weight excluding hydrogens is 403 g/mol. The van der Waals surface area contributed by atoms with Gasteiger partial charge >= 0.3 is 6.36 Å². The van der Waals surface area contributed by atoms with E-state index in [4.69, 9.17) is 0 Å². The van der Waals surface area contributed by atoms with Gasteiger partial charge in [0.25, 0.3) is 0 Å². The number of anilines is 1. The fraction of sp³-hybridized carbons (Fsp3) is 0.158. The number of amides is 2. The zero-order chi connectivity index (χ0) is 21.6. The van der Waals surface area contributed by atoms with Crippen molar-refractivity contribution >= 4 is 17.5 Å². The van der Waals surface area contributed by atoms with Gasteiger partial charge in [0, 0.05) is 5.69 Å². The molecule has 0 saturated carbocycles. The molecule has 0 fully saturated rings. The fourth-order valence-corrected chi connectivity index (χ4v) is 2.52. The molecule has 0 radical (unpaired) electrons. The molecule has 2 N–H and O–H groups in total. The third-order valence-electron chi connectivity index (χ3n) is 3.78. The van der Waals surface area contributed by atoms with Gasteiger partial charge in [0.05, 0.1) is 18.7 Å². The van der Waals surface area contributed by atoms with E-state index in [2.05, 4.69) is 25.5 Å². The Hall–Kier alpha value is -3.89. The van der Waals surface area contributed by atoms with Crippen LogP contribution >= 0.6 is 0 Å². The van der Waals surface area contributed by atoms with Crippen molar-refractivity contribution in [3.63, 3.8) is 0 Å². The predicted octanol–water partition coefficient (Wildman–Crippen LogP) is 2.46. The van der Waals surface area contributed by atoms with Crippen LogP contribution in [0.3, 0.4) is 0 Å². The topological polar surface area (TPSA) is 98.1 Å². The number of aromatic nitrogens is 3. The van der Waals surface area contributed by atoms with Gasteiger partial charge in [-0.25, -0.2) is 9.67 Å². The lowest BCUT2D eigenvalue weighted by Crippen LogP contribution is -2.33. The second-order valence-corrected chi connectivity index (χ2v) is 6.08. The number of benzene rings is 2. The number of carbonyl (C=O) groups excluding carboxylic acids is 2. The second-order valence-electron chi connectivity index (χ2n) is 6.08. The summed E-state index contributed by atoms with van der Waals surface area (Å²) < 4.78 is 42.2. The quantitative estimate of drug-likeness (QED) is 0.613. The average molecular weight is 419 g/mol. The standard InChI is InChI=1S/C19H16F3N5O3/c20-19(21,22)30-16-3-1-2-13(8-16)9-17(28)24-10-18(29)26-14-4-6-15(7-5-14)27-12-23-11-25-27/h1-8,11-12H,9-10H2,(H,24,28)(H,26,29). The first-order valence-corrected chi connectivity index (χ1v) is 8.65. The Balaban J connectivity index is 1.46. The van der Waals surface area contributed by atoms with Gasteiger partial charge in [-0.05, 0) is 42.0 Å². The number of carbonyl (C=O) groups is 2. The van der Waals surface area contributed by atoms with E-state index in [0.717, 1.165) is 17.8 Å². The molecule has 3 aromatic rings. The third-order valence-corrected chi connectivity index (χ3v) is 3.78. The Bertz CT molecular complexity index is 1010. The summed E-state index contributed by atoms with van der Waals surface area (Å²) >= 11 is 0. The zero-order valence-corrected chi connectivity index (χ0v) is 15.4. The molecule has 1 heterocycles. The van der Waals surface area contributed by atoms with Crippen molar-refractivity contribution in [2.45, 2.75) is 12.8 Å². The molecule has 0 bridgehead atoms. The highest BCUT2D eigenvalue weighted by Crippen LogP contribution is 2.23. The fourth-order valence-electron chi connectivity index (χ4n) is 2.52. The molecule has 156 valence electrons. The minimum Gasteiger partial charge on any atom is -0.406 e. The molecule has 0 saturated heterocycles. The monoisotopic (exact) mass is 419 g/mol. The van der Waals surface area contributed by atoms with E-state index in [1.807, 2.05) is 0 Å². The molecule has 0 aliphatic heterocycles. The molecule has 0 unspecified atom stereocenters. The number of halogens is 3. The maximum atomic E-state index is 12.3. The summed E-state index contributed by atoms with van der Waals surface area (Å²) in [7, 11) is 0. The number of nitrogens with zero attached hydrogens (tertiary/aromatic N) is 3. The van der Waals surface area contributed by atoms with E-state index in [1.54, 1.807) is 28.9 Å². The smallest absolute Gasteiger partial charge is 0.406 e. The van der Waals surface area contributed by atoms with E-state index >= 15 is 0 Å². The van der Waals surface area contributed by atoms with Gasteiger partial charge in [-0.3, -0.25) is 9.59 Å². The average Bonchev–Trinajstić information content (AvgIpc) is 3.21. The van der Waals surface area contributed by atoms with Crippen LogP contribution in [0.25, 0.3) is 5.69 Å². The van der Waals surface area contributed by atoms with Crippen molar-refractivity contribution in [1.29, 1.82) is 0 Å². The maximum absolute atomic E-state index is 12.3. The van der Waals surface area contributed by atoms with Crippen LogP contribution in [0.5, 0.6) is 5.75 Å². The summed E-state index contributed by atoms with van der Waals surface area (Å²) in [6.07, 6.45) is -2.08. The Morgan fingerprint density at radius 1 is 1.07 bits per heavy atom. The van der Waals surface area contributed by atoms with Gasteiger partial charge < -0.3 is 15.4 Å². The van der Waals surface area contributed by atoms with E-state index in [9.17, 15) is 22.8 Å². The normalized spacial score (nSPS) is 11.0. The number of nitrogens with one attached hydrogen (secondary N) is 2. The van der Waals surface area contributed by atoms with Crippen LogP contribution in [0.1, 0.15) is 5.56 Å².